The molecule has 2 aromatic rings. The van der Waals surface area contributed by atoms with Crippen LogP contribution < -0.4 is 18.9 Å². The fourth-order valence-electron chi connectivity index (χ4n) is 2.91. The van der Waals surface area contributed by atoms with Gasteiger partial charge in [0.15, 0.2) is 11.6 Å². The number of methoxy groups -OCH3 is 2. The first-order valence-corrected chi connectivity index (χ1v) is 8.23. The Labute approximate surface area is 151 Å². The van der Waals surface area contributed by atoms with E-state index in [-0.39, 0.29) is 24.8 Å². The zero-order chi connectivity index (χ0) is 18.5. The van der Waals surface area contributed by atoms with Gasteiger partial charge in [-0.15, -0.1) is 0 Å². The van der Waals surface area contributed by atoms with Gasteiger partial charge in [-0.05, 0) is 24.3 Å². The van der Waals surface area contributed by atoms with Crippen molar-refractivity contribution >= 4 is 11.6 Å². The second-order valence-electron chi connectivity index (χ2n) is 5.88. The quantitative estimate of drug-likeness (QED) is 0.823. The molecular weight excluding hydrogens is 336 g/mol. The van der Waals surface area contributed by atoms with Crippen LogP contribution >= 0.6 is 0 Å². The first kappa shape index (κ1) is 17.8. The van der Waals surface area contributed by atoms with Crippen molar-refractivity contribution in [3.05, 3.63) is 47.5 Å². The third-order valence-electron chi connectivity index (χ3n) is 4.15. The van der Waals surface area contributed by atoms with Crippen molar-refractivity contribution in [2.45, 2.75) is 12.8 Å². The molecule has 2 aliphatic heterocycles. The van der Waals surface area contributed by atoms with Gasteiger partial charge in [0.1, 0.15) is 36.2 Å². The third kappa shape index (κ3) is 3.79. The van der Waals surface area contributed by atoms with Gasteiger partial charge in [-0.3, -0.25) is 9.59 Å². The summed E-state index contributed by atoms with van der Waals surface area (Å²) in [4.78, 5) is 22.2. The Hall–Kier alpha value is -3.02. The van der Waals surface area contributed by atoms with Gasteiger partial charge in [0.2, 0.25) is 0 Å². The molecule has 0 atom stereocenters. The summed E-state index contributed by atoms with van der Waals surface area (Å²) in [7, 11) is 3.18. The van der Waals surface area contributed by atoms with Gasteiger partial charge in [-0.25, -0.2) is 0 Å². The molecule has 6 heteroatoms. The molecule has 0 amide bonds. The first-order valence-electron chi connectivity index (χ1n) is 8.23. The van der Waals surface area contributed by atoms with Crippen LogP contribution in [-0.4, -0.2) is 39.0 Å². The van der Waals surface area contributed by atoms with Crippen LogP contribution in [0.5, 0.6) is 23.0 Å². The second kappa shape index (κ2) is 7.91. The van der Waals surface area contributed by atoms with Gasteiger partial charge in [0.25, 0.3) is 0 Å². The van der Waals surface area contributed by atoms with Crippen molar-refractivity contribution in [1.82, 2.24) is 0 Å². The molecule has 2 aliphatic rings. The average Bonchev–Trinajstić information content (AvgIpc) is 2.67. The lowest BCUT2D eigenvalue weighted by molar-refractivity contribution is -0.122. The highest BCUT2D eigenvalue weighted by atomic mass is 16.5. The lowest BCUT2D eigenvalue weighted by atomic mass is 10.0. The summed E-state index contributed by atoms with van der Waals surface area (Å²) in [6.45, 7) is 0.361. The molecule has 0 N–H and O–H groups in total. The molecule has 2 heterocycles. The number of ketones is 2. The van der Waals surface area contributed by atoms with E-state index in [1.54, 1.807) is 14.2 Å². The molecule has 0 bridgehead atoms. The minimum Gasteiger partial charge on any atom is -0.496 e. The summed E-state index contributed by atoms with van der Waals surface area (Å²) in [6.07, 6.45) is 0.832. The Balaban J connectivity index is 0.000000151. The molecule has 0 aromatic heterocycles. The number of benzene rings is 2. The molecule has 6 nitrogen and oxygen atoms in total. The highest BCUT2D eigenvalue weighted by Crippen LogP contribution is 2.32. The van der Waals surface area contributed by atoms with Gasteiger partial charge < -0.3 is 18.9 Å². The Morgan fingerprint density at radius 3 is 1.54 bits per heavy atom. The van der Waals surface area contributed by atoms with Crippen LogP contribution in [0, 0.1) is 0 Å². The zero-order valence-corrected chi connectivity index (χ0v) is 14.7. The maximum Gasteiger partial charge on any atom is 0.174 e. The SMILES string of the molecule is COc1cccc2c1CC(=O)CO2.COc1cccc2c1CC(=O)CO2. The van der Waals surface area contributed by atoms with Crippen molar-refractivity contribution < 1.29 is 28.5 Å². The number of rotatable bonds is 2. The van der Waals surface area contributed by atoms with E-state index in [2.05, 4.69) is 0 Å². The van der Waals surface area contributed by atoms with Crippen LogP contribution in [-0.2, 0) is 22.4 Å². The average molecular weight is 356 g/mol. The van der Waals surface area contributed by atoms with Gasteiger partial charge in [-0.1, -0.05) is 12.1 Å². The molecule has 4 rings (SSSR count). The van der Waals surface area contributed by atoms with Crippen molar-refractivity contribution in [3.8, 4) is 23.0 Å². The summed E-state index contributed by atoms with van der Waals surface area (Å²) >= 11 is 0. The topological polar surface area (TPSA) is 71.1 Å². The first-order chi connectivity index (χ1) is 12.6. The number of ether oxygens (including phenoxy) is 4. The van der Waals surface area contributed by atoms with Gasteiger partial charge in [0, 0.05) is 24.0 Å². The van der Waals surface area contributed by atoms with Crippen LogP contribution in [0.2, 0.25) is 0 Å². The lowest BCUT2D eigenvalue weighted by Crippen LogP contribution is -2.20. The van der Waals surface area contributed by atoms with E-state index in [1.165, 1.54) is 0 Å². The van der Waals surface area contributed by atoms with Crippen molar-refractivity contribution in [2.75, 3.05) is 27.4 Å². The van der Waals surface area contributed by atoms with Gasteiger partial charge in [0.05, 0.1) is 14.2 Å². The van der Waals surface area contributed by atoms with Crippen LogP contribution in [0.4, 0.5) is 0 Å². The maximum atomic E-state index is 11.1. The van der Waals surface area contributed by atoms with E-state index in [1.807, 2.05) is 36.4 Å². The van der Waals surface area contributed by atoms with E-state index in [4.69, 9.17) is 18.9 Å². The standard InChI is InChI=1S/2C10H10O3/c2*1-12-9-3-2-4-10-8(9)5-7(11)6-13-10/h2*2-4H,5-6H2,1H3. The van der Waals surface area contributed by atoms with Crippen molar-refractivity contribution in [2.24, 2.45) is 0 Å². The summed E-state index contributed by atoms with van der Waals surface area (Å²) in [5.41, 5.74) is 1.72. The predicted molar refractivity (Wildman–Crippen MR) is 94.4 cm³/mol. The molecule has 0 saturated heterocycles. The Bertz CT molecular complexity index is 729. The van der Waals surface area contributed by atoms with E-state index >= 15 is 0 Å². The summed E-state index contributed by atoms with van der Waals surface area (Å²) in [5, 5.41) is 0. The maximum absolute atomic E-state index is 11.1. The summed E-state index contributed by atoms with van der Waals surface area (Å²) in [5.74, 6) is 3.17. The number of fused-ring (bicyclic) bond motifs is 2. The lowest BCUT2D eigenvalue weighted by Gasteiger charge is -2.18. The van der Waals surface area contributed by atoms with Crippen LogP contribution in [0.25, 0.3) is 0 Å². The normalized spacial score (nSPS) is 14.7. The third-order valence-corrected chi connectivity index (χ3v) is 4.15. The fraction of sp³-hybridized carbons (Fsp3) is 0.300. The van der Waals surface area contributed by atoms with E-state index < -0.39 is 0 Å². The van der Waals surface area contributed by atoms with E-state index in [0.29, 0.717) is 12.8 Å². The monoisotopic (exact) mass is 356 g/mol. The number of Topliss-reactive ketones (excluding diaryl/α,β-unsaturated/α-hetero) is 2. The fourth-order valence-corrected chi connectivity index (χ4v) is 2.91. The molecule has 0 spiro atoms. The highest BCUT2D eigenvalue weighted by Gasteiger charge is 2.20. The highest BCUT2D eigenvalue weighted by molar-refractivity contribution is 5.86. The summed E-state index contributed by atoms with van der Waals surface area (Å²) < 4.78 is 20.8. The number of hydrogen-bond donors (Lipinski definition) is 0. The van der Waals surface area contributed by atoms with E-state index in [0.717, 1.165) is 34.1 Å². The molecular formula is C20H20O6. The Kier molecular flexibility index (Phi) is 5.41. The minimum absolute atomic E-state index is 0.0944. The second-order valence-corrected chi connectivity index (χ2v) is 5.88. The summed E-state index contributed by atoms with van der Waals surface area (Å²) in [6, 6.07) is 11.1. The number of carbonyl (C=O) groups is 2. The van der Waals surface area contributed by atoms with Crippen molar-refractivity contribution in [1.29, 1.82) is 0 Å². The smallest absolute Gasteiger partial charge is 0.174 e. The van der Waals surface area contributed by atoms with Crippen LogP contribution in [0.3, 0.4) is 0 Å². The molecule has 26 heavy (non-hydrogen) atoms. The minimum atomic E-state index is 0.0944. The molecule has 136 valence electrons. The molecule has 0 fully saturated rings. The van der Waals surface area contributed by atoms with Crippen LogP contribution in [0.1, 0.15) is 11.1 Å². The number of hydrogen-bond acceptors (Lipinski definition) is 6. The largest absolute Gasteiger partial charge is 0.496 e. The molecule has 0 aliphatic carbocycles. The van der Waals surface area contributed by atoms with Gasteiger partial charge in [-0.2, -0.15) is 0 Å². The van der Waals surface area contributed by atoms with E-state index in [9.17, 15) is 9.59 Å². The molecule has 0 unspecified atom stereocenters. The van der Waals surface area contributed by atoms with Crippen LogP contribution in [0.15, 0.2) is 36.4 Å². The molecule has 0 radical (unpaired) electrons. The van der Waals surface area contributed by atoms with Gasteiger partial charge >= 0.3 is 0 Å². The molecule has 2 aromatic carbocycles. The Morgan fingerprint density at radius 1 is 0.731 bits per heavy atom. The Morgan fingerprint density at radius 2 is 1.15 bits per heavy atom. The predicted octanol–water partition coefficient (Wildman–Crippen LogP) is 2.40. The zero-order valence-electron chi connectivity index (χ0n) is 14.7. The molecule has 0 saturated carbocycles. The van der Waals surface area contributed by atoms with Crippen molar-refractivity contribution in [3.63, 3.8) is 0 Å². The number of carbonyl (C=O) groups excluding carboxylic acids is 2.